The lowest BCUT2D eigenvalue weighted by Gasteiger charge is -2.26. The zero-order valence-corrected chi connectivity index (χ0v) is 11.7. The van der Waals surface area contributed by atoms with Gasteiger partial charge in [-0.1, -0.05) is 32.3 Å². The van der Waals surface area contributed by atoms with Crippen molar-refractivity contribution in [1.82, 2.24) is 9.38 Å². The van der Waals surface area contributed by atoms with Crippen LogP contribution < -0.4 is 5.32 Å². The van der Waals surface area contributed by atoms with Crippen molar-refractivity contribution in [3.8, 4) is 0 Å². The van der Waals surface area contributed by atoms with Crippen LogP contribution in [0.5, 0.6) is 0 Å². The molecule has 2 atom stereocenters. The molecule has 0 bridgehead atoms. The molecule has 1 aliphatic carbocycles. The van der Waals surface area contributed by atoms with Crippen LogP contribution in [0.2, 0.25) is 0 Å². The van der Waals surface area contributed by atoms with Gasteiger partial charge in [0.05, 0.1) is 0 Å². The molecule has 3 nitrogen and oxygen atoms in total. The Morgan fingerprint density at radius 2 is 2.32 bits per heavy atom. The molecule has 1 saturated carbocycles. The van der Waals surface area contributed by atoms with E-state index in [2.05, 4.69) is 33.8 Å². The number of hydrogen-bond donors (Lipinski definition) is 1. The summed E-state index contributed by atoms with van der Waals surface area (Å²) in [5, 5.41) is 3.56. The lowest BCUT2D eigenvalue weighted by Crippen LogP contribution is -2.17. The fraction of sp³-hybridized carbons (Fsp3) is 0.562. The highest BCUT2D eigenvalue weighted by Crippen LogP contribution is 2.30. The van der Waals surface area contributed by atoms with Gasteiger partial charge in [-0.25, -0.2) is 4.98 Å². The standard InChI is InChI=1S/C16H23N3/c1-13-4-2-5-14(12-13)8-9-17-15-6-3-7-16-18-10-11-19(15)16/h3,6-7,10-11,13-14,17H,2,4-5,8-9,12H2,1H3. The van der Waals surface area contributed by atoms with Gasteiger partial charge in [0.25, 0.3) is 0 Å². The van der Waals surface area contributed by atoms with Crippen LogP contribution in [0.25, 0.3) is 5.65 Å². The fourth-order valence-corrected chi connectivity index (χ4v) is 3.32. The molecule has 2 aromatic rings. The second-order valence-electron chi connectivity index (χ2n) is 5.92. The summed E-state index contributed by atoms with van der Waals surface area (Å²) in [7, 11) is 0. The third-order valence-corrected chi connectivity index (χ3v) is 4.33. The number of aromatic nitrogens is 2. The predicted molar refractivity (Wildman–Crippen MR) is 79.4 cm³/mol. The third kappa shape index (κ3) is 2.91. The molecule has 0 amide bonds. The van der Waals surface area contributed by atoms with Gasteiger partial charge in [0.1, 0.15) is 11.5 Å². The first-order valence-corrected chi connectivity index (χ1v) is 7.49. The Kier molecular flexibility index (Phi) is 3.72. The molecule has 0 aromatic carbocycles. The van der Waals surface area contributed by atoms with Crippen LogP contribution in [0.3, 0.4) is 0 Å². The number of hydrogen-bond acceptors (Lipinski definition) is 2. The first kappa shape index (κ1) is 12.5. The molecule has 102 valence electrons. The zero-order valence-electron chi connectivity index (χ0n) is 11.7. The SMILES string of the molecule is CC1CCCC(CCNc2cccc3nccn23)C1. The third-order valence-electron chi connectivity index (χ3n) is 4.33. The number of pyridine rings is 1. The molecule has 0 radical (unpaired) electrons. The monoisotopic (exact) mass is 257 g/mol. The molecule has 1 N–H and O–H groups in total. The first-order valence-electron chi connectivity index (χ1n) is 7.49. The van der Waals surface area contributed by atoms with E-state index < -0.39 is 0 Å². The van der Waals surface area contributed by atoms with Gasteiger partial charge in [0, 0.05) is 18.9 Å². The van der Waals surface area contributed by atoms with Crippen molar-refractivity contribution >= 4 is 11.5 Å². The lowest BCUT2D eigenvalue weighted by molar-refractivity contribution is 0.274. The second kappa shape index (κ2) is 5.64. The minimum atomic E-state index is 0.915. The van der Waals surface area contributed by atoms with Gasteiger partial charge in [0.2, 0.25) is 0 Å². The molecule has 2 heterocycles. The number of nitrogens with one attached hydrogen (secondary N) is 1. The van der Waals surface area contributed by atoms with Crippen molar-refractivity contribution in [2.24, 2.45) is 11.8 Å². The minimum absolute atomic E-state index is 0.915. The van der Waals surface area contributed by atoms with Crippen molar-refractivity contribution < 1.29 is 0 Å². The first-order chi connectivity index (χ1) is 9.33. The summed E-state index contributed by atoms with van der Waals surface area (Å²) in [6, 6.07) is 6.22. The molecule has 1 aliphatic rings. The van der Waals surface area contributed by atoms with E-state index in [9.17, 15) is 0 Å². The number of imidazole rings is 1. The largest absolute Gasteiger partial charge is 0.371 e. The Hall–Kier alpha value is -1.51. The maximum atomic E-state index is 4.31. The van der Waals surface area contributed by atoms with Crippen LogP contribution in [-0.2, 0) is 0 Å². The average Bonchev–Trinajstić information content (AvgIpc) is 2.88. The van der Waals surface area contributed by atoms with Crippen molar-refractivity contribution in [3.05, 3.63) is 30.6 Å². The summed E-state index contributed by atoms with van der Waals surface area (Å²) in [5.74, 6) is 2.99. The number of rotatable bonds is 4. The van der Waals surface area contributed by atoms with Crippen LogP contribution in [0, 0.1) is 11.8 Å². The van der Waals surface area contributed by atoms with Crippen molar-refractivity contribution in [2.45, 2.75) is 39.0 Å². The average molecular weight is 257 g/mol. The maximum absolute atomic E-state index is 4.31. The molecule has 0 spiro atoms. The van der Waals surface area contributed by atoms with Gasteiger partial charge in [-0.3, -0.25) is 4.40 Å². The van der Waals surface area contributed by atoms with Gasteiger partial charge in [-0.05, 0) is 36.8 Å². The Bertz CT molecular complexity index is 532. The van der Waals surface area contributed by atoms with Crippen molar-refractivity contribution in [3.63, 3.8) is 0 Å². The summed E-state index contributed by atoms with van der Waals surface area (Å²) in [6.07, 6.45) is 10.8. The molecule has 1 fully saturated rings. The molecule has 3 rings (SSSR count). The van der Waals surface area contributed by atoms with Crippen molar-refractivity contribution in [2.75, 3.05) is 11.9 Å². The Balaban J connectivity index is 1.56. The smallest absolute Gasteiger partial charge is 0.138 e. The fourth-order valence-electron chi connectivity index (χ4n) is 3.32. The normalized spacial score (nSPS) is 23.6. The van der Waals surface area contributed by atoms with Gasteiger partial charge in [-0.15, -0.1) is 0 Å². The van der Waals surface area contributed by atoms with E-state index >= 15 is 0 Å². The predicted octanol–water partition coefficient (Wildman–Crippen LogP) is 3.96. The van der Waals surface area contributed by atoms with Crippen LogP contribution in [0.4, 0.5) is 5.82 Å². The van der Waals surface area contributed by atoms with Gasteiger partial charge in [-0.2, -0.15) is 0 Å². The lowest BCUT2D eigenvalue weighted by atomic mass is 9.81. The van der Waals surface area contributed by atoms with Crippen LogP contribution in [0.15, 0.2) is 30.6 Å². The Labute approximate surface area is 115 Å². The highest BCUT2D eigenvalue weighted by atomic mass is 15.1. The van der Waals surface area contributed by atoms with E-state index in [1.165, 1.54) is 32.1 Å². The second-order valence-corrected chi connectivity index (χ2v) is 5.92. The van der Waals surface area contributed by atoms with Gasteiger partial charge >= 0.3 is 0 Å². The molecule has 0 saturated heterocycles. The van der Waals surface area contributed by atoms with Crippen LogP contribution in [0.1, 0.15) is 39.0 Å². The molecule has 2 unspecified atom stereocenters. The summed E-state index contributed by atoms with van der Waals surface area (Å²) in [6.45, 7) is 3.46. The summed E-state index contributed by atoms with van der Waals surface area (Å²) in [4.78, 5) is 4.31. The van der Waals surface area contributed by atoms with E-state index in [0.717, 1.165) is 29.8 Å². The number of nitrogens with zero attached hydrogens (tertiary/aromatic N) is 2. The van der Waals surface area contributed by atoms with Crippen molar-refractivity contribution in [1.29, 1.82) is 0 Å². The van der Waals surface area contributed by atoms with E-state index in [1.54, 1.807) is 0 Å². The zero-order chi connectivity index (χ0) is 13.1. The van der Waals surface area contributed by atoms with Crippen LogP contribution >= 0.6 is 0 Å². The quantitative estimate of drug-likeness (QED) is 0.898. The highest BCUT2D eigenvalue weighted by molar-refractivity contribution is 5.49. The van der Waals surface area contributed by atoms with Gasteiger partial charge in [0.15, 0.2) is 0 Å². The Morgan fingerprint density at radius 1 is 1.37 bits per heavy atom. The van der Waals surface area contributed by atoms with E-state index in [-0.39, 0.29) is 0 Å². The van der Waals surface area contributed by atoms with Crippen LogP contribution in [-0.4, -0.2) is 15.9 Å². The number of fused-ring (bicyclic) bond motifs is 1. The molecule has 2 aromatic heterocycles. The highest BCUT2D eigenvalue weighted by Gasteiger charge is 2.18. The maximum Gasteiger partial charge on any atom is 0.138 e. The Morgan fingerprint density at radius 3 is 3.21 bits per heavy atom. The van der Waals surface area contributed by atoms with Gasteiger partial charge < -0.3 is 5.32 Å². The summed E-state index contributed by atoms with van der Waals surface area (Å²) >= 11 is 0. The topological polar surface area (TPSA) is 29.3 Å². The molecule has 0 aliphatic heterocycles. The van der Waals surface area contributed by atoms with E-state index in [1.807, 2.05) is 18.5 Å². The molecular formula is C16H23N3. The van der Waals surface area contributed by atoms with E-state index in [0.29, 0.717) is 0 Å². The summed E-state index contributed by atoms with van der Waals surface area (Å²) in [5.41, 5.74) is 1.01. The number of anilines is 1. The minimum Gasteiger partial charge on any atom is -0.371 e. The summed E-state index contributed by atoms with van der Waals surface area (Å²) < 4.78 is 2.11. The molecular weight excluding hydrogens is 234 g/mol. The van der Waals surface area contributed by atoms with E-state index in [4.69, 9.17) is 0 Å². The molecule has 3 heteroatoms. The molecule has 19 heavy (non-hydrogen) atoms.